The van der Waals surface area contributed by atoms with Crippen molar-refractivity contribution in [3.63, 3.8) is 0 Å². The van der Waals surface area contributed by atoms with Gasteiger partial charge in [0.05, 0.1) is 39.0 Å². The van der Waals surface area contributed by atoms with Crippen molar-refractivity contribution >= 4 is 39.7 Å². The highest BCUT2D eigenvalue weighted by Crippen LogP contribution is 2.33. The summed E-state index contributed by atoms with van der Waals surface area (Å²) < 4.78 is 19.6. The van der Waals surface area contributed by atoms with Crippen molar-refractivity contribution in [1.82, 2.24) is 14.1 Å². The zero-order valence-electron chi connectivity index (χ0n) is 18.6. The Bertz CT molecular complexity index is 1460. The lowest BCUT2D eigenvalue weighted by molar-refractivity contribution is 0.0600. The van der Waals surface area contributed by atoms with Gasteiger partial charge in [-0.05, 0) is 42.8 Å². The van der Waals surface area contributed by atoms with Gasteiger partial charge in [-0.1, -0.05) is 11.8 Å². The third-order valence-corrected chi connectivity index (χ3v) is 6.98. The van der Waals surface area contributed by atoms with Crippen LogP contribution in [-0.4, -0.2) is 47.2 Å². The Morgan fingerprint density at radius 2 is 1.97 bits per heavy atom. The van der Waals surface area contributed by atoms with Crippen LogP contribution in [0.4, 0.5) is 0 Å². The molecule has 0 saturated carbocycles. The monoisotopic (exact) mass is 465 g/mol. The van der Waals surface area contributed by atoms with Crippen LogP contribution >= 0.6 is 11.8 Å². The number of rotatable bonds is 5. The van der Waals surface area contributed by atoms with Gasteiger partial charge < -0.3 is 18.8 Å². The van der Waals surface area contributed by atoms with Gasteiger partial charge in [0.1, 0.15) is 22.5 Å². The van der Waals surface area contributed by atoms with Crippen LogP contribution in [0.5, 0.6) is 11.5 Å². The third kappa shape index (κ3) is 3.52. The molecule has 0 bridgehead atoms. The van der Waals surface area contributed by atoms with Gasteiger partial charge >= 0.3 is 5.97 Å². The molecule has 33 heavy (non-hydrogen) atoms. The number of hydrogen-bond acceptors (Lipinski definition) is 7. The van der Waals surface area contributed by atoms with E-state index in [1.807, 2.05) is 22.8 Å². The lowest BCUT2D eigenvalue weighted by Crippen LogP contribution is -2.27. The number of benzene rings is 2. The van der Waals surface area contributed by atoms with Crippen molar-refractivity contribution in [2.24, 2.45) is 0 Å². The van der Waals surface area contributed by atoms with E-state index in [0.29, 0.717) is 41.2 Å². The fraction of sp³-hybridized carbons (Fsp3) is 0.292. The van der Waals surface area contributed by atoms with Crippen molar-refractivity contribution in [3.8, 4) is 11.5 Å². The van der Waals surface area contributed by atoms with Gasteiger partial charge in [-0.3, -0.25) is 9.36 Å². The van der Waals surface area contributed by atoms with Crippen LogP contribution in [0.2, 0.25) is 0 Å². The molecule has 0 atom stereocenters. The molecule has 8 nitrogen and oxygen atoms in total. The predicted octanol–water partition coefficient (Wildman–Crippen LogP) is 3.70. The molecule has 1 aliphatic rings. The van der Waals surface area contributed by atoms with E-state index in [1.165, 1.54) is 7.11 Å². The molecule has 170 valence electrons. The van der Waals surface area contributed by atoms with Crippen LogP contribution in [0, 0.1) is 0 Å². The first-order valence-electron chi connectivity index (χ1n) is 10.5. The number of fused-ring (bicyclic) bond motifs is 4. The Hall–Kier alpha value is -3.46. The van der Waals surface area contributed by atoms with Gasteiger partial charge in [0.15, 0.2) is 5.16 Å². The second-order valence-electron chi connectivity index (χ2n) is 7.74. The Kier molecular flexibility index (Phi) is 5.49. The summed E-state index contributed by atoms with van der Waals surface area (Å²) in [5, 5.41) is 1.59. The number of hydrogen-bond donors (Lipinski definition) is 0. The summed E-state index contributed by atoms with van der Waals surface area (Å²) in [5.41, 5.74) is 3.13. The molecule has 5 rings (SSSR count). The number of nitrogens with zero attached hydrogens (tertiary/aromatic N) is 3. The van der Waals surface area contributed by atoms with Crippen LogP contribution in [0.3, 0.4) is 0 Å². The lowest BCUT2D eigenvalue weighted by Gasteiger charge is -2.17. The van der Waals surface area contributed by atoms with Crippen LogP contribution in [0.25, 0.3) is 21.9 Å². The smallest absolute Gasteiger partial charge is 0.337 e. The number of esters is 1. The first-order chi connectivity index (χ1) is 16.0. The summed E-state index contributed by atoms with van der Waals surface area (Å²) in [5.74, 6) is 1.82. The Balaban J connectivity index is 1.79. The summed E-state index contributed by atoms with van der Waals surface area (Å²) in [7, 11) is 4.54. The molecule has 0 saturated heterocycles. The molecule has 3 heterocycles. The molecule has 0 N–H and O–H groups in total. The van der Waals surface area contributed by atoms with Crippen molar-refractivity contribution in [1.29, 1.82) is 0 Å². The molecule has 0 spiro atoms. The highest BCUT2D eigenvalue weighted by molar-refractivity contribution is 7.99. The number of ether oxygens (including phenoxy) is 3. The molecule has 0 radical (unpaired) electrons. The molecule has 4 aromatic rings. The second-order valence-corrected chi connectivity index (χ2v) is 8.80. The van der Waals surface area contributed by atoms with Crippen molar-refractivity contribution in [2.45, 2.75) is 24.7 Å². The average Bonchev–Trinajstić information content (AvgIpc) is 3.16. The number of thioether (sulfide) groups is 1. The quantitative estimate of drug-likeness (QED) is 0.328. The van der Waals surface area contributed by atoms with Crippen LogP contribution in [-0.2, 0) is 17.8 Å². The normalized spacial score (nSPS) is 13.2. The van der Waals surface area contributed by atoms with Crippen LogP contribution in [0.1, 0.15) is 22.3 Å². The van der Waals surface area contributed by atoms with Gasteiger partial charge in [0, 0.05) is 23.2 Å². The molecule has 9 heteroatoms. The van der Waals surface area contributed by atoms with Gasteiger partial charge in [-0.2, -0.15) is 0 Å². The largest absolute Gasteiger partial charge is 0.497 e. The fourth-order valence-corrected chi connectivity index (χ4v) is 5.26. The number of methoxy groups -OCH3 is 3. The van der Waals surface area contributed by atoms with Crippen molar-refractivity contribution in [2.75, 3.05) is 27.1 Å². The van der Waals surface area contributed by atoms with E-state index in [9.17, 15) is 9.59 Å². The Labute approximate surface area is 194 Å². The van der Waals surface area contributed by atoms with Crippen LogP contribution in [0.15, 0.2) is 46.3 Å². The molecule has 2 aromatic carbocycles. The maximum absolute atomic E-state index is 13.6. The molecule has 2 aromatic heterocycles. The Morgan fingerprint density at radius 1 is 1.12 bits per heavy atom. The van der Waals surface area contributed by atoms with E-state index >= 15 is 0 Å². The maximum Gasteiger partial charge on any atom is 0.337 e. The molecule has 0 amide bonds. The first kappa shape index (κ1) is 21.4. The SMILES string of the molecule is COC(=O)c1ccc(OC)c(Cn2c3ccc(OC)cc3c3nc4n(c(=O)c32)CCCS4)c1. The van der Waals surface area contributed by atoms with E-state index in [-0.39, 0.29) is 5.56 Å². The Morgan fingerprint density at radius 3 is 2.73 bits per heavy atom. The van der Waals surface area contributed by atoms with E-state index in [0.717, 1.165) is 33.8 Å². The van der Waals surface area contributed by atoms with Gasteiger partial charge in [-0.15, -0.1) is 0 Å². The zero-order chi connectivity index (χ0) is 23.1. The summed E-state index contributed by atoms with van der Waals surface area (Å²) in [6.45, 7) is 0.972. The number of carbonyl (C=O) groups is 1. The lowest BCUT2D eigenvalue weighted by atomic mass is 10.1. The third-order valence-electron chi connectivity index (χ3n) is 5.92. The fourth-order valence-electron chi connectivity index (χ4n) is 4.32. The summed E-state index contributed by atoms with van der Waals surface area (Å²) in [4.78, 5) is 30.7. The maximum atomic E-state index is 13.6. The summed E-state index contributed by atoms with van der Waals surface area (Å²) >= 11 is 1.60. The van der Waals surface area contributed by atoms with Crippen LogP contribution < -0.4 is 15.0 Å². The highest BCUT2D eigenvalue weighted by Gasteiger charge is 2.23. The van der Waals surface area contributed by atoms with Crippen molar-refractivity contribution in [3.05, 3.63) is 57.9 Å². The first-order valence-corrected chi connectivity index (χ1v) is 11.5. The van der Waals surface area contributed by atoms with E-state index in [2.05, 4.69) is 0 Å². The van der Waals surface area contributed by atoms with E-state index in [4.69, 9.17) is 19.2 Å². The number of carbonyl (C=O) groups excluding carboxylic acids is 1. The second kappa shape index (κ2) is 8.47. The minimum atomic E-state index is -0.432. The van der Waals surface area contributed by atoms with E-state index < -0.39 is 5.97 Å². The van der Waals surface area contributed by atoms with E-state index in [1.54, 1.807) is 48.7 Å². The molecular weight excluding hydrogens is 442 g/mol. The van der Waals surface area contributed by atoms with Crippen molar-refractivity contribution < 1.29 is 19.0 Å². The molecular formula is C24H23N3O5S. The zero-order valence-corrected chi connectivity index (χ0v) is 19.4. The molecule has 0 unspecified atom stereocenters. The topological polar surface area (TPSA) is 84.6 Å². The molecule has 0 aliphatic carbocycles. The standard InChI is InChI=1S/C24H23N3O5S/c1-30-16-6-7-18-17(12-16)20-21(22(28)26-9-4-10-33-24(26)25-20)27(18)13-15-11-14(23(29)32-3)5-8-19(15)31-2/h5-8,11-12H,4,9-10,13H2,1-3H3. The van der Waals surface area contributed by atoms with Gasteiger partial charge in [0.25, 0.3) is 5.56 Å². The van der Waals surface area contributed by atoms with Gasteiger partial charge in [0.2, 0.25) is 0 Å². The summed E-state index contributed by atoms with van der Waals surface area (Å²) in [6.07, 6.45) is 0.924. The summed E-state index contributed by atoms with van der Waals surface area (Å²) in [6, 6.07) is 10.9. The minimum Gasteiger partial charge on any atom is -0.497 e. The predicted molar refractivity (Wildman–Crippen MR) is 127 cm³/mol. The minimum absolute atomic E-state index is 0.0690. The highest BCUT2D eigenvalue weighted by atomic mass is 32.2. The van der Waals surface area contributed by atoms with Gasteiger partial charge in [-0.25, -0.2) is 9.78 Å². The average molecular weight is 466 g/mol. The molecule has 0 fully saturated rings. The molecule has 1 aliphatic heterocycles. The number of aromatic nitrogens is 3.